The SMILES string of the molecule is COC(=O)c1ccc(CSc2nc3ccccc3c(=O)n2-c2ccc(C#N)cc2)cc1. The quantitative estimate of drug-likeness (QED) is 0.268. The fourth-order valence-electron chi connectivity index (χ4n) is 3.12. The van der Waals surface area contributed by atoms with Crippen LogP contribution in [0.15, 0.2) is 82.7 Å². The first-order valence-corrected chi connectivity index (χ1v) is 10.4. The number of nitriles is 1. The van der Waals surface area contributed by atoms with Gasteiger partial charge in [-0.3, -0.25) is 9.36 Å². The summed E-state index contributed by atoms with van der Waals surface area (Å²) in [6.07, 6.45) is 0. The molecule has 0 atom stereocenters. The Hall–Kier alpha value is -3.89. The molecule has 1 heterocycles. The van der Waals surface area contributed by atoms with Crippen molar-refractivity contribution >= 4 is 28.6 Å². The van der Waals surface area contributed by atoms with E-state index < -0.39 is 0 Å². The smallest absolute Gasteiger partial charge is 0.337 e. The number of benzene rings is 3. The van der Waals surface area contributed by atoms with Crippen LogP contribution in [0.4, 0.5) is 0 Å². The summed E-state index contributed by atoms with van der Waals surface area (Å²) in [5, 5.41) is 10.1. The normalized spacial score (nSPS) is 10.6. The Balaban J connectivity index is 1.73. The number of fused-ring (bicyclic) bond motifs is 1. The van der Waals surface area contributed by atoms with E-state index in [0.29, 0.717) is 38.6 Å². The average molecular weight is 427 g/mol. The zero-order valence-corrected chi connectivity index (χ0v) is 17.4. The summed E-state index contributed by atoms with van der Waals surface area (Å²) >= 11 is 1.42. The van der Waals surface area contributed by atoms with Crippen molar-refractivity contribution in [3.05, 3.63) is 99.8 Å². The van der Waals surface area contributed by atoms with Crippen LogP contribution in [-0.2, 0) is 10.5 Å². The van der Waals surface area contributed by atoms with Gasteiger partial charge in [-0.2, -0.15) is 5.26 Å². The van der Waals surface area contributed by atoms with Gasteiger partial charge in [0.25, 0.3) is 5.56 Å². The molecule has 7 heteroatoms. The number of hydrogen-bond donors (Lipinski definition) is 0. The maximum atomic E-state index is 13.3. The number of hydrogen-bond acceptors (Lipinski definition) is 6. The van der Waals surface area contributed by atoms with Crippen LogP contribution in [0.3, 0.4) is 0 Å². The van der Waals surface area contributed by atoms with Crippen molar-refractivity contribution < 1.29 is 9.53 Å². The molecule has 0 aliphatic rings. The zero-order valence-electron chi connectivity index (χ0n) is 16.6. The summed E-state index contributed by atoms with van der Waals surface area (Å²) in [5.41, 5.74) is 3.08. The number of rotatable bonds is 5. The fraction of sp³-hybridized carbons (Fsp3) is 0.0833. The molecule has 0 aliphatic carbocycles. The van der Waals surface area contributed by atoms with E-state index in [2.05, 4.69) is 6.07 Å². The second kappa shape index (κ2) is 8.86. The standard InChI is InChI=1S/C24H17N3O3S/c1-30-23(29)18-10-6-17(7-11-18)15-31-24-26-21-5-3-2-4-20(21)22(28)27(24)19-12-8-16(14-25)9-13-19/h2-13H,15H2,1H3. The molecule has 0 spiro atoms. The van der Waals surface area contributed by atoms with Gasteiger partial charge in [-0.05, 0) is 54.1 Å². The predicted octanol–water partition coefficient (Wildman–Crippen LogP) is 4.34. The first kappa shape index (κ1) is 20.4. The van der Waals surface area contributed by atoms with Crippen molar-refractivity contribution in [2.24, 2.45) is 0 Å². The van der Waals surface area contributed by atoms with Gasteiger partial charge in [-0.1, -0.05) is 36.0 Å². The molecule has 0 unspecified atom stereocenters. The van der Waals surface area contributed by atoms with Crippen molar-refractivity contribution in [2.45, 2.75) is 10.9 Å². The van der Waals surface area contributed by atoms with E-state index in [1.54, 1.807) is 47.0 Å². The number of carbonyl (C=O) groups excluding carboxylic acids is 1. The summed E-state index contributed by atoms with van der Waals surface area (Å²) in [5.74, 6) is 0.174. The van der Waals surface area contributed by atoms with Gasteiger partial charge in [0, 0.05) is 5.75 Å². The molecule has 0 amide bonds. The molecule has 152 valence electrons. The number of aromatic nitrogens is 2. The van der Waals surface area contributed by atoms with Crippen molar-refractivity contribution in [2.75, 3.05) is 7.11 Å². The minimum Gasteiger partial charge on any atom is -0.465 e. The largest absolute Gasteiger partial charge is 0.465 e. The molecule has 1 aromatic heterocycles. The third kappa shape index (κ3) is 4.20. The molecule has 0 fully saturated rings. The first-order valence-electron chi connectivity index (χ1n) is 9.43. The molecule has 0 saturated heterocycles. The predicted molar refractivity (Wildman–Crippen MR) is 119 cm³/mol. The van der Waals surface area contributed by atoms with E-state index in [-0.39, 0.29) is 11.5 Å². The number of para-hydroxylation sites is 1. The van der Waals surface area contributed by atoms with Crippen LogP contribution in [0.1, 0.15) is 21.5 Å². The second-order valence-electron chi connectivity index (χ2n) is 6.69. The minimum absolute atomic E-state index is 0.168. The molecular weight excluding hydrogens is 410 g/mol. The molecule has 3 aromatic carbocycles. The second-order valence-corrected chi connectivity index (χ2v) is 7.63. The van der Waals surface area contributed by atoms with Gasteiger partial charge in [0.1, 0.15) is 0 Å². The van der Waals surface area contributed by atoms with E-state index in [1.807, 2.05) is 30.3 Å². The Morgan fingerprint density at radius 1 is 1.06 bits per heavy atom. The number of carbonyl (C=O) groups is 1. The Labute approximate surface area is 182 Å². The molecule has 6 nitrogen and oxygen atoms in total. The molecule has 0 bridgehead atoms. The first-order chi connectivity index (χ1) is 15.1. The minimum atomic E-state index is -0.384. The molecule has 0 aliphatic heterocycles. The fourth-order valence-corrected chi connectivity index (χ4v) is 4.09. The van der Waals surface area contributed by atoms with Crippen molar-refractivity contribution in [1.82, 2.24) is 9.55 Å². The molecule has 4 rings (SSSR count). The number of esters is 1. The Kier molecular flexibility index (Phi) is 5.83. The molecule has 4 aromatic rings. The van der Waals surface area contributed by atoms with Gasteiger partial charge in [0.2, 0.25) is 0 Å². The van der Waals surface area contributed by atoms with Crippen molar-refractivity contribution in [1.29, 1.82) is 5.26 Å². The number of methoxy groups -OCH3 is 1. The summed E-state index contributed by atoms with van der Waals surface area (Å²) in [6.45, 7) is 0. The van der Waals surface area contributed by atoms with Crippen LogP contribution in [0, 0.1) is 11.3 Å². The number of nitrogens with zero attached hydrogens (tertiary/aromatic N) is 3. The van der Waals surface area contributed by atoms with Crippen LogP contribution >= 0.6 is 11.8 Å². The van der Waals surface area contributed by atoms with E-state index >= 15 is 0 Å². The van der Waals surface area contributed by atoms with E-state index in [4.69, 9.17) is 15.0 Å². The van der Waals surface area contributed by atoms with Crippen LogP contribution in [0.25, 0.3) is 16.6 Å². The highest BCUT2D eigenvalue weighted by Gasteiger charge is 2.14. The van der Waals surface area contributed by atoms with Crippen LogP contribution in [-0.4, -0.2) is 22.6 Å². The monoisotopic (exact) mass is 427 g/mol. The molecule has 0 radical (unpaired) electrons. The average Bonchev–Trinajstić information content (AvgIpc) is 2.83. The summed E-state index contributed by atoms with van der Waals surface area (Å²) < 4.78 is 6.29. The van der Waals surface area contributed by atoms with Gasteiger partial charge in [-0.15, -0.1) is 0 Å². The lowest BCUT2D eigenvalue weighted by Crippen LogP contribution is -2.21. The van der Waals surface area contributed by atoms with Crippen molar-refractivity contribution in [3.63, 3.8) is 0 Å². The summed E-state index contributed by atoms with van der Waals surface area (Å²) in [7, 11) is 1.35. The number of ether oxygens (including phenoxy) is 1. The topological polar surface area (TPSA) is 85.0 Å². The molecular formula is C24H17N3O3S. The Bertz CT molecular complexity index is 1350. The van der Waals surface area contributed by atoms with Crippen LogP contribution in [0.2, 0.25) is 0 Å². The Morgan fingerprint density at radius 2 is 1.77 bits per heavy atom. The van der Waals surface area contributed by atoms with Gasteiger partial charge in [-0.25, -0.2) is 9.78 Å². The molecule has 0 saturated carbocycles. The highest BCUT2D eigenvalue weighted by Crippen LogP contribution is 2.25. The highest BCUT2D eigenvalue weighted by atomic mass is 32.2. The molecule has 0 N–H and O–H groups in total. The van der Waals surface area contributed by atoms with E-state index in [0.717, 1.165) is 5.56 Å². The van der Waals surface area contributed by atoms with Gasteiger partial charge >= 0.3 is 5.97 Å². The van der Waals surface area contributed by atoms with Crippen LogP contribution in [0.5, 0.6) is 0 Å². The third-order valence-electron chi connectivity index (χ3n) is 4.74. The van der Waals surface area contributed by atoms with E-state index in [1.165, 1.54) is 18.9 Å². The van der Waals surface area contributed by atoms with Crippen molar-refractivity contribution in [3.8, 4) is 11.8 Å². The third-order valence-corrected chi connectivity index (χ3v) is 5.75. The van der Waals surface area contributed by atoms with Gasteiger partial charge < -0.3 is 4.74 Å². The molecule has 31 heavy (non-hydrogen) atoms. The van der Waals surface area contributed by atoms with Gasteiger partial charge in [0.15, 0.2) is 5.16 Å². The lowest BCUT2D eigenvalue weighted by Gasteiger charge is -2.13. The number of thioether (sulfide) groups is 1. The lowest BCUT2D eigenvalue weighted by molar-refractivity contribution is 0.0600. The summed E-state index contributed by atoms with van der Waals surface area (Å²) in [6, 6.07) is 23.3. The Morgan fingerprint density at radius 3 is 2.45 bits per heavy atom. The maximum absolute atomic E-state index is 13.3. The zero-order chi connectivity index (χ0) is 21.8. The van der Waals surface area contributed by atoms with Gasteiger partial charge in [0.05, 0.1) is 40.9 Å². The summed E-state index contributed by atoms with van der Waals surface area (Å²) in [4.78, 5) is 29.6. The van der Waals surface area contributed by atoms with E-state index in [9.17, 15) is 9.59 Å². The lowest BCUT2D eigenvalue weighted by atomic mass is 10.1. The van der Waals surface area contributed by atoms with Crippen LogP contribution < -0.4 is 5.56 Å². The highest BCUT2D eigenvalue weighted by molar-refractivity contribution is 7.98. The maximum Gasteiger partial charge on any atom is 0.337 e.